The van der Waals surface area contributed by atoms with Crippen molar-refractivity contribution in [2.45, 2.75) is 25.9 Å². The van der Waals surface area contributed by atoms with Gasteiger partial charge >= 0.3 is 0 Å². The van der Waals surface area contributed by atoms with Crippen molar-refractivity contribution in [3.63, 3.8) is 0 Å². The topological polar surface area (TPSA) is 49.3 Å². The highest BCUT2D eigenvalue weighted by Crippen LogP contribution is 2.35. The van der Waals surface area contributed by atoms with Gasteiger partial charge in [0.2, 0.25) is 5.91 Å². The molecule has 1 amide bonds. The molecule has 102 valence electrons. The van der Waals surface area contributed by atoms with Gasteiger partial charge in [0, 0.05) is 5.69 Å². The Labute approximate surface area is 118 Å². The Morgan fingerprint density at radius 3 is 2.45 bits per heavy atom. The maximum Gasteiger partial charge on any atom is 0.231 e. The summed E-state index contributed by atoms with van der Waals surface area (Å²) in [5, 5.41) is 13.3. The van der Waals surface area contributed by atoms with Gasteiger partial charge in [-0.2, -0.15) is 0 Å². The molecule has 0 bridgehead atoms. The van der Waals surface area contributed by atoms with Gasteiger partial charge in [-0.25, -0.2) is 0 Å². The summed E-state index contributed by atoms with van der Waals surface area (Å²) in [7, 11) is 0. The van der Waals surface area contributed by atoms with Crippen LogP contribution in [0.5, 0.6) is 0 Å². The molecule has 20 heavy (non-hydrogen) atoms. The zero-order valence-electron chi connectivity index (χ0n) is 11.6. The Morgan fingerprint density at radius 1 is 1.10 bits per heavy atom. The smallest absolute Gasteiger partial charge is 0.231 e. The van der Waals surface area contributed by atoms with E-state index in [1.54, 1.807) is 0 Å². The fourth-order valence-corrected chi connectivity index (χ4v) is 2.55. The largest absolute Gasteiger partial charge is 0.384 e. The predicted molar refractivity (Wildman–Crippen MR) is 78.7 cm³/mol. The van der Waals surface area contributed by atoms with Crippen LogP contribution in [-0.2, 0) is 4.79 Å². The number of nitrogens with one attached hydrogen (secondary N) is 1. The minimum atomic E-state index is -0.663. The van der Waals surface area contributed by atoms with Gasteiger partial charge in [0.05, 0.1) is 5.92 Å². The molecule has 1 aliphatic rings. The van der Waals surface area contributed by atoms with Crippen molar-refractivity contribution < 1.29 is 9.90 Å². The van der Waals surface area contributed by atoms with Crippen LogP contribution in [0.3, 0.4) is 0 Å². The molecule has 0 aliphatic carbocycles. The number of rotatable bonds is 2. The van der Waals surface area contributed by atoms with E-state index in [4.69, 9.17) is 0 Å². The van der Waals surface area contributed by atoms with E-state index < -0.39 is 6.10 Å². The molecule has 0 radical (unpaired) electrons. The van der Waals surface area contributed by atoms with Crippen LogP contribution in [0.1, 0.15) is 41.2 Å². The third kappa shape index (κ3) is 2.10. The highest BCUT2D eigenvalue weighted by Gasteiger charge is 2.27. The molecule has 3 rings (SSSR count). The van der Waals surface area contributed by atoms with E-state index in [2.05, 4.69) is 5.32 Å². The predicted octanol–water partition coefficient (Wildman–Crippen LogP) is 3.13. The first kappa shape index (κ1) is 12.9. The molecule has 0 fully saturated rings. The molecular weight excluding hydrogens is 250 g/mol. The lowest BCUT2D eigenvalue weighted by molar-refractivity contribution is -0.116. The van der Waals surface area contributed by atoms with Crippen molar-refractivity contribution in [2.24, 2.45) is 0 Å². The van der Waals surface area contributed by atoms with Crippen LogP contribution in [0.2, 0.25) is 0 Å². The number of carbonyl (C=O) groups is 1. The highest BCUT2D eigenvalue weighted by atomic mass is 16.3. The lowest BCUT2D eigenvalue weighted by Crippen LogP contribution is -2.08. The van der Waals surface area contributed by atoms with Crippen LogP contribution >= 0.6 is 0 Å². The Kier molecular flexibility index (Phi) is 3.07. The molecular formula is C17H17NO2. The van der Waals surface area contributed by atoms with E-state index in [1.807, 2.05) is 56.3 Å². The summed E-state index contributed by atoms with van der Waals surface area (Å²) < 4.78 is 0. The molecule has 2 N–H and O–H groups in total. The Morgan fingerprint density at radius 2 is 1.75 bits per heavy atom. The first-order valence-corrected chi connectivity index (χ1v) is 6.75. The number of benzene rings is 2. The van der Waals surface area contributed by atoms with Gasteiger partial charge in [-0.1, -0.05) is 35.9 Å². The van der Waals surface area contributed by atoms with Crippen molar-refractivity contribution in [1.29, 1.82) is 0 Å². The van der Waals surface area contributed by atoms with Crippen LogP contribution in [0, 0.1) is 6.92 Å². The van der Waals surface area contributed by atoms with Gasteiger partial charge < -0.3 is 10.4 Å². The van der Waals surface area contributed by atoms with E-state index in [0.717, 1.165) is 22.4 Å². The number of carbonyl (C=O) groups excluding carboxylic acids is 1. The Balaban J connectivity index is 1.95. The third-order valence-corrected chi connectivity index (χ3v) is 3.90. The fraction of sp³-hybridized carbons (Fsp3) is 0.235. The van der Waals surface area contributed by atoms with Crippen LogP contribution in [0.15, 0.2) is 42.5 Å². The number of hydrogen-bond acceptors (Lipinski definition) is 2. The third-order valence-electron chi connectivity index (χ3n) is 3.90. The molecule has 0 saturated heterocycles. The number of aliphatic hydroxyl groups is 1. The summed E-state index contributed by atoms with van der Waals surface area (Å²) in [6, 6.07) is 13.5. The van der Waals surface area contributed by atoms with Gasteiger partial charge in [0.1, 0.15) is 6.10 Å². The molecule has 2 unspecified atom stereocenters. The van der Waals surface area contributed by atoms with Crippen molar-refractivity contribution >= 4 is 11.6 Å². The maximum atomic E-state index is 11.6. The molecule has 2 aromatic rings. The molecule has 3 heteroatoms. The maximum absolute atomic E-state index is 11.6. The van der Waals surface area contributed by atoms with E-state index in [1.165, 1.54) is 5.56 Å². The summed E-state index contributed by atoms with van der Waals surface area (Å²) >= 11 is 0. The van der Waals surface area contributed by atoms with Crippen LogP contribution in [0.4, 0.5) is 5.69 Å². The lowest BCUT2D eigenvalue weighted by atomic mass is 9.95. The van der Waals surface area contributed by atoms with Gasteiger partial charge in [-0.3, -0.25) is 4.79 Å². The van der Waals surface area contributed by atoms with Gasteiger partial charge in [-0.05, 0) is 42.7 Å². The van der Waals surface area contributed by atoms with Crippen LogP contribution in [0.25, 0.3) is 0 Å². The Hall–Kier alpha value is -2.13. The second-order valence-electron chi connectivity index (χ2n) is 5.37. The zero-order valence-corrected chi connectivity index (χ0v) is 11.6. The minimum Gasteiger partial charge on any atom is -0.384 e. The summed E-state index contributed by atoms with van der Waals surface area (Å²) in [5.74, 6) is -0.142. The van der Waals surface area contributed by atoms with E-state index in [0.29, 0.717) is 0 Å². The first-order chi connectivity index (χ1) is 9.56. The van der Waals surface area contributed by atoms with Crippen LogP contribution in [-0.4, -0.2) is 11.0 Å². The molecule has 3 nitrogen and oxygen atoms in total. The molecule has 2 aromatic carbocycles. The van der Waals surface area contributed by atoms with E-state index in [-0.39, 0.29) is 11.8 Å². The quantitative estimate of drug-likeness (QED) is 0.878. The highest BCUT2D eigenvalue weighted by molar-refractivity contribution is 6.02. The summed E-state index contributed by atoms with van der Waals surface area (Å²) in [4.78, 5) is 11.6. The second kappa shape index (κ2) is 4.76. The minimum absolute atomic E-state index is 0.0157. The van der Waals surface area contributed by atoms with Gasteiger partial charge in [-0.15, -0.1) is 0 Å². The number of aliphatic hydroxyl groups excluding tert-OH is 1. The van der Waals surface area contributed by atoms with Crippen molar-refractivity contribution in [1.82, 2.24) is 0 Å². The van der Waals surface area contributed by atoms with E-state index >= 15 is 0 Å². The van der Waals surface area contributed by atoms with Crippen molar-refractivity contribution in [2.75, 3.05) is 5.32 Å². The van der Waals surface area contributed by atoms with E-state index in [9.17, 15) is 9.90 Å². The standard InChI is InChI=1S/C17H17NO2/c1-10-3-5-12(6-4-10)16(19)13-7-8-15-14(9-13)11(2)17(20)18-15/h3-9,11,16,19H,1-2H3,(H,18,20). The molecule has 0 saturated carbocycles. The Bertz CT molecular complexity index is 661. The van der Waals surface area contributed by atoms with Crippen molar-refractivity contribution in [3.8, 4) is 0 Å². The molecule has 1 heterocycles. The first-order valence-electron chi connectivity index (χ1n) is 6.75. The van der Waals surface area contributed by atoms with Gasteiger partial charge in [0.15, 0.2) is 0 Å². The average Bonchev–Trinajstić information content (AvgIpc) is 2.74. The summed E-state index contributed by atoms with van der Waals surface area (Å²) in [5.41, 5.74) is 4.65. The summed E-state index contributed by atoms with van der Waals surface area (Å²) in [6.07, 6.45) is -0.663. The number of hydrogen-bond donors (Lipinski definition) is 2. The number of anilines is 1. The number of aryl methyl sites for hydroxylation is 1. The number of fused-ring (bicyclic) bond motifs is 1. The molecule has 0 spiro atoms. The van der Waals surface area contributed by atoms with Gasteiger partial charge in [0.25, 0.3) is 0 Å². The average molecular weight is 267 g/mol. The number of amides is 1. The summed E-state index contributed by atoms with van der Waals surface area (Å²) in [6.45, 7) is 3.90. The molecule has 0 aromatic heterocycles. The van der Waals surface area contributed by atoms with Crippen LogP contribution < -0.4 is 5.32 Å². The molecule has 1 aliphatic heterocycles. The molecule has 2 atom stereocenters. The normalized spacial score (nSPS) is 18.6. The SMILES string of the molecule is Cc1ccc(C(O)c2ccc3c(c2)C(C)C(=O)N3)cc1. The van der Waals surface area contributed by atoms with Crippen molar-refractivity contribution in [3.05, 3.63) is 64.7 Å². The fourth-order valence-electron chi connectivity index (χ4n) is 2.55. The lowest BCUT2D eigenvalue weighted by Gasteiger charge is -2.13. The second-order valence-corrected chi connectivity index (χ2v) is 5.37. The zero-order chi connectivity index (χ0) is 14.3. The monoisotopic (exact) mass is 267 g/mol.